The van der Waals surface area contributed by atoms with Crippen LogP contribution in [0.1, 0.15) is 36.7 Å². The van der Waals surface area contributed by atoms with Gasteiger partial charge in [-0.3, -0.25) is 4.79 Å². The van der Waals surface area contributed by atoms with Crippen LogP contribution in [-0.4, -0.2) is 66.0 Å². The monoisotopic (exact) mass is 343 g/mol. The van der Waals surface area contributed by atoms with Crippen LogP contribution in [0.4, 0.5) is 0 Å². The van der Waals surface area contributed by atoms with Gasteiger partial charge in [0.15, 0.2) is 0 Å². The van der Waals surface area contributed by atoms with Crippen molar-refractivity contribution < 1.29 is 18.3 Å². The number of likely N-dealkylation sites (N-methyl/N-ethyl adjacent to an activating group) is 1. The van der Waals surface area contributed by atoms with Crippen molar-refractivity contribution in [1.29, 1.82) is 0 Å². The summed E-state index contributed by atoms with van der Waals surface area (Å²) in [6, 6.07) is 1.44. The molecule has 1 aliphatic rings. The molecule has 0 radical (unpaired) electrons. The van der Waals surface area contributed by atoms with E-state index < -0.39 is 10.0 Å². The third kappa shape index (κ3) is 3.76. The number of aromatic nitrogens is 1. The Morgan fingerprint density at radius 3 is 2.52 bits per heavy atom. The predicted octanol–water partition coefficient (Wildman–Crippen LogP) is 0.654. The molecule has 1 aromatic rings. The quantitative estimate of drug-likeness (QED) is 0.822. The van der Waals surface area contributed by atoms with Crippen LogP contribution >= 0.6 is 0 Å². The van der Waals surface area contributed by atoms with E-state index in [9.17, 15) is 13.2 Å². The highest BCUT2D eigenvalue weighted by atomic mass is 32.2. The minimum atomic E-state index is -3.55. The lowest BCUT2D eigenvalue weighted by Crippen LogP contribution is -2.35. The molecule has 0 bridgehead atoms. The average molecular weight is 343 g/mol. The van der Waals surface area contributed by atoms with Gasteiger partial charge in [0.1, 0.15) is 10.6 Å². The molecule has 0 saturated carbocycles. The van der Waals surface area contributed by atoms with Crippen LogP contribution in [0.3, 0.4) is 0 Å². The molecule has 0 spiro atoms. The molecule has 0 aromatic carbocycles. The molecule has 0 unspecified atom stereocenters. The van der Waals surface area contributed by atoms with Crippen LogP contribution in [0.25, 0.3) is 0 Å². The number of aliphatic hydroxyl groups is 1. The van der Waals surface area contributed by atoms with Crippen LogP contribution in [-0.2, 0) is 17.1 Å². The van der Waals surface area contributed by atoms with E-state index >= 15 is 0 Å². The second kappa shape index (κ2) is 7.46. The number of hydrogen-bond donors (Lipinski definition) is 1. The summed E-state index contributed by atoms with van der Waals surface area (Å²) in [6.45, 7) is 3.45. The second-order valence-corrected chi connectivity index (χ2v) is 7.68. The van der Waals surface area contributed by atoms with E-state index in [-0.39, 0.29) is 24.0 Å². The molecule has 2 rings (SSSR count). The summed E-state index contributed by atoms with van der Waals surface area (Å²) < 4.78 is 28.4. The van der Waals surface area contributed by atoms with Crippen molar-refractivity contribution >= 4 is 15.9 Å². The third-order valence-electron chi connectivity index (χ3n) is 4.19. The Morgan fingerprint density at radius 2 is 1.96 bits per heavy atom. The highest BCUT2D eigenvalue weighted by molar-refractivity contribution is 7.89. The highest BCUT2D eigenvalue weighted by Gasteiger charge is 2.29. The summed E-state index contributed by atoms with van der Waals surface area (Å²) >= 11 is 0. The van der Waals surface area contributed by atoms with E-state index in [0.717, 1.165) is 19.3 Å². The number of piperidine rings is 1. The van der Waals surface area contributed by atoms with Gasteiger partial charge in [-0.1, -0.05) is 6.42 Å². The molecule has 1 fully saturated rings. The van der Waals surface area contributed by atoms with Gasteiger partial charge in [-0.15, -0.1) is 0 Å². The number of sulfonamides is 1. The molecule has 0 aliphatic carbocycles. The van der Waals surface area contributed by atoms with E-state index in [1.165, 1.54) is 21.5 Å². The van der Waals surface area contributed by atoms with Crippen molar-refractivity contribution in [2.24, 2.45) is 7.05 Å². The third-order valence-corrected chi connectivity index (χ3v) is 6.05. The molecule has 1 amide bonds. The molecule has 7 nitrogen and oxygen atoms in total. The molecule has 1 aromatic heterocycles. The Bertz CT molecular complexity index is 648. The van der Waals surface area contributed by atoms with Crippen LogP contribution in [0, 0.1) is 0 Å². The van der Waals surface area contributed by atoms with Crippen molar-refractivity contribution in [3.05, 3.63) is 18.0 Å². The molecular weight excluding hydrogens is 318 g/mol. The summed E-state index contributed by atoms with van der Waals surface area (Å²) in [6.07, 6.45) is 4.29. The zero-order valence-corrected chi connectivity index (χ0v) is 14.5. The molecular formula is C15H25N3O4S. The fourth-order valence-electron chi connectivity index (χ4n) is 2.83. The first kappa shape index (κ1) is 18.0. The van der Waals surface area contributed by atoms with Crippen molar-refractivity contribution in [3.63, 3.8) is 0 Å². The first-order valence-electron chi connectivity index (χ1n) is 7.98. The number of nitrogens with zero attached hydrogens (tertiary/aromatic N) is 3. The normalized spacial score (nSPS) is 16.5. The van der Waals surface area contributed by atoms with Gasteiger partial charge in [-0.05, 0) is 25.8 Å². The van der Waals surface area contributed by atoms with Gasteiger partial charge in [0.2, 0.25) is 10.0 Å². The van der Waals surface area contributed by atoms with Crippen LogP contribution in [0.2, 0.25) is 0 Å². The van der Waals surface area contributed by atoms with Gasteiger partial charge in [0.25, 0.3) is 5.91 Å². The molecule has 1 aliphatic heterocycles. The minimum absolute atomic E-state index is 0.122. The summed E-state index contributed by atoms with van der Waals surface area (Å²) in [7, 11) is -1.89. The van der Waals surface area contributed by atoms with Crippen LogP contribution in [0.15, 0.2) is 17.2 Å². The fourth-order valence-corrected chi connectivity index (χ4v) is 4.42. The molecule has 8 heteroatoms. The Labute approximate surface area is 137 Å². The second-order valence-electron chi connectivity index (χ2n) is 5.75. The molecule has 0 atom stereocenters. The Kier molecular flexibility index (Phi) is 5.83. The van der Waals surface area contributed by atoms with E-state index in [2.05, 4.69) is 0 Å². The molecule has 1 N–H and O–H groups in total. The van der Waals surface area contributed by atoms with Gasteiger partial charge in [0.05, 0.1) is 6.61 Å². The van der Waals surface area contributed by atoms with Crippen molar-refractivity contribution in [2.75, 3.05) is 32.8 Å². The number of amides is 1. The number of aliphatic hydroxyl groups excluding tert-OH is 1. The maximum atomic E-state index is 12.7. The smallest absolute Gasteiger partial charge is 0.270 e. The lowest BCUT2D eigenvalue weighted by molar-refractivity contribution is 0.0722. The van der Waals surface area contributed by atoms with Crippen molar-refractivity contribution in [2.45, 2.75) is 31.1 Å². The number of hydrogen-bond acceptors (Lipinski definition) is 4. The Balaban J connectivity index is 2.28. The minimum Gasteiger partial charge on any atom is -0.395 e. The van der Waals surface area contributed by atoms with Gasteiger partial charge < -0.3 is 14.6 Å². The van der Waals surface area contributed by atoms with Gasteiger partial charge in [-0.25, -0.2) is 8.42 Å². The summed E-state index contributed by atoms with van der Waals surface area (Å²) in [5.74, 6) is -0.274. The van der Waals surface area contributed by atoms with E-state index in [4.69, 9.17) is 5.11 Å². The number of carbonyl (C=O) groups excluding carboxylic acids is 1. The molecule has 130 valence electrons. The van der Waals surface area contributed by atoms with E-state index in [1.54, 1.807) is 11.6 Å². The summed E-state index contributed by atoms with van der Waals surface area (Å²) in [4.78, 5) is 14.1. The zero-order chi connectivity index (χ0) is 17.0. The fraction of sp³-hybridized carbons (Fsp3) is 0.667. The van der Waals surface area contributed by atoms with Crippen LogP contribution in [0.5, 0.6) is 0 Å². The summed E-state index contributed by atoms with van der Waals surface area (Å²) in [5, 5.41) is 9.03. The van der Waals surface area contributed by atoms with Crippen molar-refractivity contribution in [1.82, 2.24) is 13.8 Å². The number of carbonyl (C=O) groups is 1. The van der Waals surface area contributed by atoms with Crippen molar-refractivity contribution in [3.8, 4) is 0 Å². The zero-order valence-electron chi connectivity index (χ0n) is 13.7. The highest BCUT2D eigenvalue weighted by Crippen LogP contribution is 2.22. The first-order chi connectivity index (χ1) is 10.9. The topological polar surface area (TPSA) is 82.8 Å². The number of rotatable bonds is 6. The Morgan fingerprint density at radius 1 is 1.30 bits per heavy atom. The molecule has 2 heterocycles. The molecule has 23 heavy (non-hydrogen) atoms. The predicted molar refractivity (Wildman–Crippen MR) is 86.7 cm³/mol. The van der Waals surface area contributed by atoms with E-state index in [1.807, 2.05) is 6.92 Å². The molecule has 1 saturated heterocycles. The standard InChI is InChI=1S/C15H25N3O4S/c1-3-17(9-10-19)15(20)14-11-13(12-16(14)2)23(21,22)18-7-5-4-6-8-18/h11-12,19H,3-10H2,1-2H3. The largest absolute Gasteiger partial charge is 0.395 e. The van der Waals surface area contributed by atoms with Gasteiger partial charge in [0, 0.05) is 39.4 Å². The maximum absolute atomic E-state index is 12.7. The van der Waals surface area contributed by atoms with Gasteiger partial charge >= 0.3 is 0 Å². The summed E-state index contributed by atoms with van der Waals surface area (Å²) in [5.41, 5.74) is 0.316. The lowest BCUT2D eigenvalue weighted by Gasteiger charge is -2.25. The lowest BCUT2D eigenvalue weighted by atomic mass is 10.2. The Hall–Kier alpha value is -1.38. The average Bonchev–Trinajstić information content (AvgIpc) is 2.95. The SMILES string of the molecule is CCN(CCO)C(=O)c1cc(S(=O)(=O)N2CCCCC2)cn1C. The maximum Gasteiger partial charge on any atom is 0.270 e. The first-order valence-corrected chi connectivity index (χ1v) is 9.42. The van der Waals surface area contributed by atoms with E-state index in [0.29, 0.717) is 25.3 Å². The van der Waals surface area contributed by atoms with Gasteiger partial charge in [-0.2, -0.15) is 4.31 Å². The van der Waals surface area contributed by atoms with Crippen LogP contribution < -0.4 is 0 Å². The number of aryl methyl sites for hydroxylation is 1.